The highest BCUT2D eigenvalue weighted by Gasteiger charge is 2.27. The molecule has 0 amide bonds. The lowest BCUT2D eigenvalue weighted by Gasteiger charge is -2.23. The van der Waals surface area contributed by atoms with E-state index in [1.165, 1.54) is 13.0 Å². The van der Waals surface area contributed by atoms with E-state index in [1.54, 1.807) is 0 Å². The van der Waals surface area contributed by atoms with E-state index in [0.29, 0.717) is 12.0 Å². The molecular weight excluding hydrogens is 164 g/mol. The van der Waals surface area contributed by atoms with Gasteiger partial charge in [0.05, 0.1) is 13.2 Å². The van der Waals surface area contributed by atoms with Gasteiger partial charge in [0.25, 0.3) is 0 Å². The van der Waals surface area contributed by atoms with Crippen LogP contribution >= 0.6 is 0 Å². The van der Waals surface area contributed by atoms with E-state index in [0.717, 1.165) is 19.8 Å². The minimum atomic E-state index is 0.555. The monoisotopic (exact) mass is 186 g/mol. The van der Waals surface area contributed by atoms with Crippen LogP contribution in [0.25, 0.3) is 0 Å². The molecule has 0 aromatic carbocycles. The first-order chi connectivity index (χ1) is 6.27. The zero-order chi connectivity index (χ0) is 9.68. The lowest BCUT2D eigenvalue weighted by Crippen LogP contribution is -2.39. The first-order valence-corrected chi connectivity index (χ1v) is 5.21. The van der Waals surface area contributed by atoms with Crippen molar-refractivity contribution >= 4 is 0 Å². The fourth-order valence-corrected chi connectivity index (χ4v) is 1.97. The van der Waals surface area contributed by atoms with Crippen LogP contribution in [0.4, 0.5) is 0 Å². The SMILES string of the molecule is CCCN(C)CC1COCC1NC. The highest BCUT2D eigenvalue weighted by Crippen LogP contribution is 2.14. The maximum atomic E-state index is 5.45. The van der Waals surface area contributed by atoms with Gasteiger partial charge in [0.1, 0.15) is 0 Å². The maximum absolute atomic E-state index is 5.45. The van der Waals surface area contributed by atoms with Gasteiger partial charge in [-0.1, -0.05) is 6.92 Å². The summed E-state index contributed by atoms with van der Waals surface area (Å²) in [6.07, 6.45) is 1.23. The molecule has 0 aliphatic carbocycles. The fraction of sp³-hybridized carbons (Fsp3) is 1.00. The summed E-state index contributed by atoms with van der Waals surface area (Å²) >= 11 is 0. The van der Waals surface area contributed by atoms with Crippen LogP contribution in [0.5, 0.6) is 0 Å². The molecule has 0 aromatic rings. The molecule has 13 heavy (non-hydrogen) atoms. The summed E-state index contributed by atoms with van der Waals surface area (Å²) in [6.45, 7) is 6.35. The fourth-order valence-electron chi connectivity index (χ4n) is 1.97. The molecular formula is C10H22N2O. The molecule has 3 heteroatoms. The molecule has 0 aromatic heterocycles. The summed E-state index contributed by atoms with van der Waals surface area (Å²) in [4.78, 5) is 2.39. The van der Waals surface area contributed by atoms with Crippen molar-refractivity contribution in [1.82, 2.24) is 10.2 Å². The van der Waals surface area contributed by atoms with Gasteiger partial charge in [-0.2, -0.15) is 0 Å². The van der Waals surface area contributed by atoms with Crippen molar-refractivity contribution in [2.24, 2.45) is 5.92 Å². The van der Waals surface area contributed by atoms with Crippen LogP contribution in [0.2, 0.25) is 0 Å². The maximum Gasteiger partial charge on any atom is 0.0623 e. The molecule has 78 valence electrons. The quantitative estimate of drug-likeness (QED) is 0.679. The normalized spacial score (nSPS) is 28.6. The van der Waals surface area contributed by atoms with Crippen LogP contribution in [-0.4, -0.2) is 51.3 Å². The third kappa shape index (κ3) is 3.25. The van der Waals surface area contributed by atoms with Crippen molar-refractivity contribution in [3.63, 3.8) is 0 Å². The molecule has 3 nitrogen and oxygen atoms in total. The molecule has 2 atom stereocenters. The minimum absolute atomic E-state index is 0.555. The molecule has 1 heterocycles. The second-order valence-corrected chi connectivity index (χ2v) is 3.95. The number of hydrogen-bond acceptors (Lipinski definition) is 3. The first kappa shape index (κ1) is 11.0. The number of nitrogens with zero attached hydrogens (tertiary/aromatic N) is 1. The largest absolute Gasteiger partial charge is 0.379 e. The van der Waals surface area contributed by atoms with E-state index < -0.39 is 0 Å². The lowest BCUT2D eigenvalue weighted by atomic mass is 10.0. The number of likely N-dealkylation sites (N-methyl/N-ethyl adjacent to an activating group) is 1. The van der Waals surface area contributed by atoms with Gasteiger partial charge < -0.3 is 15.0 Å². The Morgan fingerprint density at radius 3 is 2.85 bits per heavy atom. The molecule has 0 radical (unpaired) electrons. The van der Waals surface area contributed by atoms with E-state index in [4.69, 9.17) is 4.74 Å². The molecule has 1 aliphatic heterocycles. The Morgan fingerprint density at radius 1 is 1.46 bits per heavy atom. The van der Waals surface area contributed by atoms with Gasteiger partial charge in [-0.25, -0.2) is 0 Å². The van der Waals surface area contributed by atoms with E-state index in [1.807, 2.05) is 7.05 Å². The van der Waals surface area contributed by atoms with Crippen LogP contribution in [-0.2, 0) is 4.74 Å². The molecule has 1 aliphatic rings. The molecule has 1 saturated heterocycles. The predicted molar refractivity (Wildman–Crippen MR) is 54.9 cm³/mol. The van der Waals surface area contributed by atoms with Gasteiger partial charge in [0.2, 0.25) is 0 Å². The lowest BCUT2D eigenvalue weighted by molar-refractivity contribution is 0.173. The van der Waals surface area contributed by atoms with Crippen LogP contribution in [0.3, 0.4) is 0 Å². The second kappa shape index (κ2) is 5.58. The number of ether oxygens (including phenoxy) is 1. The van der Waals surface area contributed by atoms with Crippen LogP contribution in [0, 0.1) is 5.92 Å². The van der Waals surface area contributed by atoms with Crippen molar-refractivity contribution in [3.05, 3.63) is 0 Å². The summed E-state index contributed by atoms with van der Waals surface area (Å²) in [6, 6.07) is 0.555. The van der Waals surface area contributed by atoms with Crippen LogP contribution in [0.15, 0.2) is 0 Å². The Kier molecular flexibility index (Phi) is 4.70. The minimum Gasteiger partial charge on any atom is -0.379 e. The summed E-state index contributed by atoms with van der Waals surface area (Å²) in [5, 5.41) is 3.31. The van der Waals surface area contributed by atoms with Gasteiger partial charge in [0, 0.05) is 18.5 Å². The Balaban J connectivity index is 2.26. The molecule has 0 spiro atoms. The van der Waals surface area contributed by atoms with Crippen molar-refractivity contribution < 1.29 is 4.74 Å². The smallest absolute Gasteiger partial charge is 0.0623 e. The molecule has 1 fully saturated rings. The summed E-state index contributed by atoms with van der Waals surface area (Å²) in [7, 11) is 4.21. The van der Waals surface area contributed by atoms with Gasteiger partial charge in [-0.15, -0.1) is 0 Å². The van der Waals surface area contributed by atoms with Crippen molar-refractivity contribution in [1.29, 1.82) is 0 Å². The number of nitrogens with one attached hydrogen (secondary N) is 1. The first-order valence-electron chi connectivity index (χ1n) is 5.21. The highest BCUT2D eigenvalue weighted by atomic mass is 16.5. The Morgan fingerprint density at radius 2 is 2.23 bits per heavy atom. The zero-order valence-electron chi connectivity index (χ0n) is 9.05. The molecule has 0 saturated carbocycles. The van der Waals surface area contributed by atoms with Crippen LogP contribution in [0.1, 0.15) is 13.3 Å². The summed E-state index contributed by atoms with van der Waals surface area (Å²) in [5.41, 5.74) is 0. The zero-order valence-corrected chi connectivity index (χ0v) is 9.05. The van der Waals surface area contributed by atoms with Gasteiger partial charge in [0.15, 0.2) is 0 Å². The third-order valence-electron chi connectivity index (χ3n) is 2.72. The van der Waals surface area contributed by atoms with E-state index in [9.17, 15) is 0 Å². The van der Waals surface area contributed by atoms with E-state index in [2.05, 4.69) is 24.2 Å². The molecule has 1 rings (SSSR count). The van der Waals surface area contributed by atoms with Crippen molar-refractivity contribution in [2.75, 3.05) is 40.4 Å². The Labute approximate surface area is 81.4 Å². The average molecular weight is 186 g/mol. The van der Waals surface area contributed by atoms with Crippen LogP contribution < -0.4 is 5.32 Å². The van der Waals surface area contributed by atoms with Crippen molar-refractivity contribution in [2.45, 2.75) is 19.4 Å². The Hall–Kier alpha value is -0.120. The third-order valence-corrected chi connectivity index (χ3v) is 2.72. The highest BCUT2D eigenvalue weighted by molar-refractivity contribution is 4.81. The average Bonchev–Trinajstić information content (AvgIpc) is 2.52. The van der Waals surface area contributed by atoms with Gasteiger partial charge >= 0.3 is 0 Å². The standard InChI is InChI=1S/C10H22N2O/c1-4-5-12(3)6-9-7-13-8-10(9)11-2/h9-11H,4-8H2,1-3H3. The Bertz CT molecular complexity index is 141. The van der Waals surface area contributed by atoms with Gasteiger partial charge in [-0.05, 0) is 27.1 Å². The van der Waals surface area contributed by atoms with Gasteiger partial charge in [-0.3, -0.25) is 0 Å². The molecule has 2 unspecified atom stereocenters. The number of rotatable bonds is 5. The topological polar surface area (TPSA) is 24.5 Å². The van der Waals surface area contributed by atoms with E-state index in [-0.39, 0.29) is 0 Å². The second-order valence-electron chi connectivity index (χ2n) is 3.95. The van der Waals surface area contributed by atoms with E-state index >= 15 is 0 Å². The summed E-state index contributed by atoms with van der Waals surface area (Å²) in [5.74, 6) is 0.668. The van der Waals surface area contributed by atoms with Crippen molar-refractivity contribution in [3.8, 4) is 0 Å². The number of hydrogen-bond donors (Lipinski definition) is 1. The molecule has 1 N–H and O–H groups in total. The predicted octanol–water partition coefficient (Wildman–Crippen LogP) is 0.563. The molecule has 0 bridgehead atoms. The summed E-state index contributed by atoms with van der Waals surface area (Å²) < 4.78 is 5.45.